The molecule has 0 aromatic rings. The van der Waals surface area contributed by atoms with Gasteiger partial charge in [0.25, 0.3) is 0 Å². The van der Waals surface area contributed by atoms with E-state index in [-0.39, 0.29) is 41.0 Å². The highest BCUT2D eigenvalue weighted by molar-refractivity contribution is 5.66. The molecule has 0 bridgehead atoms. The third kappa shape index (κ3) is 7.78. The van der Waals surface area contributed by atoms with Gasteiger partial charge in [0.05, 0.1) is 18.3 Å². The van der Waals surface area contributed by atoms with Crippen LogP contribution in [-0.4, -0.2) is 55.8 Å². The summed E-state index contributed by atoms with van der Waals surface area (Å²) in [7, 11) is 0. The highest BCUT2D eigenvalue weighted by Gasteiger charge is 2.66. The Bertz CT molecular complexity index is 1410. The topological polar surface area (TPSA) is 135 Å². The first-order chi connectivity index (χ1) is 28.3. The van der Waals surface area contributed by atoms with Gasteiger partial charge >= 0.3 is 11.9 Å². The lowest BCUT2D eigenvalue weighted by Crippen LogP contribution is -2.62. The Morgan fingerprint density at radius 1 is 0.533 bits per heavy atom. The van der Waals surface area contributed by atoms with Crippen LogP contribution in [0.1, 0.15) is 191 Å². The second kappa shape index (κ2) is 17.7. The molecule has 5 N–H and O–H groups in total. The van der Waals surface area contributed by atoms with Crippen LogP contribution in [0.5, 0.6) is 0 Å². The molecule has 0 unspecified atom stereocenters. The molecule has 8 aliphatic rings. The summed E-state index contributed by atoms with van der Waals surface area (Å²) in [6.45, 7) is 21.6. The molecule has 22 atom stereocenters. The first-order valence-electron chi connectivity index (χ1n) is 25.7. The molecule has 8 aliphatic carbocycles. The maximum Gasteiger partial charge on any atom is 0.303 e. The van der Waals surface area contributed by atoms with Crippen molar-refractivity contribution in [3.8, 4) is 0 Å². The maximum atomic E-state index is 11.8. The molecule has 8 rings (SSSR count). The van der Waals surface area contributed by atoms with E-state index in [1.165, 1.54) is 70.6 Å². The van der Waals surface area contributed by atoms with Crippen molar-refractivity contribution in [1.29, 1.82) is 0 Å². The van der Waals surface area contributed by atoms with E-state index in [4.69, 9.17) is 5.11 Å². The lowest BCUT2D eigenvalue weighted by atomic mass is 9.41. The standard InChI is InChI=1S/C27H46O3.C26H44O4/c1-6-18-22-15-16(2)11-13-27(22,5)21-12-14-26(4)19(17(3)7-10-23(28)29)8-9-20(26)24(21)25(18)30;1-5-17-21-14-16(27)10-12-26(21,4)20-11-13-25(3)18(15(2)6-9-22(28)29)7-8-19(25)23(20)24(17)30/h16-22,24-25,30H,6-15H2,1-5H3,(H,28,29);15-21,23-24,27,30H,5-14H2,1-4H3,(H,28,29)/t16-,17-,18-,19-,20+,21+,22+,24+,25-,26-,27-;15-,16-,17-,18-,19+,20+,21+,23+,24-,25-,26-/m11/s1. The summed E-state index contributed by atoms with van der Waals surface area (Å²) >= 11 is 0. The molecule has 0 aromatic heterocycles. The molecule has 0 aromatic carbocycles. The Balaban J connectivity index is 0.000000181. The van der Waals surface area contributed by atoms with Gasteiger partial charge in [-0.25, -0.2) is 0 Å². The number of carboxylic acids is 2. The maximum absolute atomic E-state index is 11.8. The fourth-order valence-corrected chi connectivity index (χ4v) is 19.2. The zero-order chi connectivity index (χ0) is 43.7. The van der Waals surface area contributed by atoms with Crippen molar-refractivity contribution >= 4 is 11.9 Å². The molecule has 7 nitrogen and oxygen atoms in total. The zero-order valence-corrected chi connectivity index (χ0v) is 39.6. The Kier molecular flexibility index (Phi) is 13.8. The Hall–Kier alpha value is -1.18. The molecule has 8 saturated carbocycles. The van der Waals surface area contributed by atoms with E-state index in [2.05, 4.69) is 62.3 Å². The molecule has 0 spiro atoms. The van der Waals surface area contributed by atoms with Crippen LogP contribution in [0.15, 0.2) is 0 Å². The van der Waals surface area contributed by atoms with Gasteiger partial charge in [0.15, 0.2) is 0 Å². The van der Waals surface area contributed by atoms with Gasteiger partial charge in [0.1, 0.15) is 0 Å². The summed E-state index contributed by atoms with van der Waals surface area (Å²) < 4.78 is 0. The number of carbonyl (C=O) groups is 2. The fraction of sp³-hybridized carbons (Fsp3) is 0.962. The van der Waals surface area contributed by atoms with Gasteiger partial charge in [-0.15, -0.1) is 0 Å². The van der Waals surface area contributed by atoms with Crippen molar-refractivity contribution < 1.29 is 35.1 Å². The van der Waals surface area contributed by atoms with Crippen LogP contribution in [0, 0.1) is 110 Å². The van der Waals surface area contributed by atoms with Gasteiger partial charge in [-0.2, -0.15) is 0 Å². The average molecular weight is 839 g/mol. The van der Waals surface area contributed by atoms with E-state index < -0.39 is 11.9 Å². The number of carboxylic acid groups (broad SMARTS) is 2. The second-order valence-electron chi connectivity index (χ2n) is 24.5. The van der Waals surface area contributed by atoms with Crippen molar-refractivity contribution in [3.63, 3.8) is 0 Å². The third-order valence-electron chi connectivity index (χ3n) is 22.2. The minimum Gasteiger partial charge on any atom is -0.481 e. The number of rotatable bonds is 10. The third-order valence-corrected chi connectivity index (χ3v) is 22.2. The van der Waals surface area contributed by atoms with Crippen LogP contribution in [-0.2, 0) is 9.59 Å². The van der Waals surface area contributed by atoms with E-state index in [9.17, 15) is 30.0 Å². The predicted molar refractivity (Wildman–Crippen MR) is 239 cm³/mol. The number of aliphatic carboxylic acids is 2. The quantitative estimate of drug-likeness (QED) is 0.148. The molecular weight excluding hydrogens is 749 g/mol. The SMILES string of the molecule is CC[C@H]1[C@@H](O)[C@@H]2[C@H](CC[C@]3(C)[C@@H]([C@H](C)CCC(=O)O)CC[C@@H]23)[C@@]2(C)CC[C@@H](C)C[C@@H]12.CC[C@H]1[C@@H](O)[C@@H]2[C@H](CC[C@]3(C)[C@@H]([C@H](C)CCC(=O)O)CC[C@@H]23)[C@@]2(C)CC[C@@H](O)C[C@@H]12. The van der Waals surface area contributed by atoms with E-state index in [0.717, 1.165) is 50.9 Å². The normalized spacial score (nSPS) is 51.5. The number of hydrogen-bond acceptors (Lipinski definition) is 5. The van der Waals surface area contributed by atoms with Gasteiger partial charge < -0.3 is 25.5 Å². The Labute approximate surface area is 365 Å². The largest absolute Gasteiger partial charge is 0.481 e. The van der Waals surface area contributed by atoms with Gasteiger partial charge in [-0.1, -0.05) is 81.6 Å². The second-order valence-corrected chi connectivity index (χ2v) is 24.5. The summed E-state index contributed by atoms with van der Waals surface area (Å²) in [5.41, 5.74) is 1.17. The number of aliphatic hydroxyl groups is 3. The minimum atomic E-state index is -0.683. The van der Waals surface area contributed by atoms with E-state index in [0.29, 0.717) is 94.7 Å². The highest BCUT2D eigenvalue weighted by Crippen LogP contribution is 2.71. The molecule has 0 aliphatic heterocycles. The minimum absolute atomic E-state index is 0.138. The summed E-state index contributed by atoms with van der Waals surface area (Å²) in [6, 6.07) is 0. The predicted octanol–water partition coefficient (Wildman–Crippen LogP) is 11.5. The average Bonchev–Trinajstić information content (AvgIpc) is 3.74. The van der Waals surface area contributed by atoms with Crippen molar-refractivity contribution in [1.82, 2.24) is 0 Å². The van der Waals surface area contributed by atoms with Gasteiger partial charge in [0.2, 0.25) is 0 Å². The molecule has 0 heterocycles. The van der Waals surface area contributed by atoms with Gasteiger partial charge in [-0.3, -0.25) is 9.59 Å². The van der Waals surface area contributed by atoms with Crippen LogP contribution in [0.25, 0.3) is 0 Å². The number of aliphatic hydroxyl groups excluding tert-OH is 3. The Morgan fingerprint density at radius 3 is 1.33 bits per heavy atom. The van der Waals surface area contributed by atoms with Crippen molar-refractivity contribution in [3.05, 3.63) is 0 Å². The summed E-state index contributed by atoms with van der Waals surface area (Å²) in [6.07, 6.45) is 20.4. The smallest absolute Gasteiger partial charge is 0.303 e. The molecule has 8 fully saturated rings. The molecule has 60 heavy (non-hydrogen) atoms. The van der Waals surface area contributed by atoms with Crippen LogP contribution in [0.2, 0.25) is 0 Å². The lowest BCUT2D eigenvalue weighted by molar-refractivity contribution is -0.203. The zero-order valence-electron chi connectivity index (χ0n) is 39.6. The summed E-state index contributed by atoms with van der Waals surface area (Å²) in [5.74, 6) is 6.72. The lowest BCUT2D eigenvalue weighted by Gasteiger charge is -2.65. The van der Waals surface area contributed by atoms with Crippen molar-refractivity contribution in [2.24, 2.45) is 110 Å². The van der Waals surface area contributed by atoms with E-state index >= 15 is 0 Å². The number of hydrogen-bond donors (Lipinski definition) is 5. The highest BCUT2D eigenvalue weighted by atomic mass is 16.4. The van der Waals surface area contributed by atoms with E-state index in [1.54, 1.807) is 0 Å². The van der Waals surface area contributed by atoms with Crippen molar-refractivity contribution in [2.45, 2.75) is 209 Å². The fourth-order valence-electron chi connectivity index (χ4n) is 19.2. The first kappa shape index (κ1) is 46.8. The monoisotopic (exact) mass is 839 g/mol. The first-order valence-corrected chi connectivity index (χ1v) is 25.7. The van der Waals surface area contributed by atoms with E-state index in [1.807, 2.05) is 0 Å². The van der Waals surface area contributed by atoms with Crippen LogP contribution >= 0.6 is 0 Å². The van der Waals surface area contributed by atoms with Gasteiger partial charge in [0, 0.05) is 12.8 Å². The van der Waals surface area contributed by atoms with Gasteiger partial charge in [-0.05, 0) is 207 Å². The van der Waals surface area contributed by atoms with Crippen molar-refractivity contribution in [2.75, 3.05) is 0 Å². The number of fused-ring (bicyclic) bond motifs is 10. The van der Waals surface area contributed by atoms with Crippen LogP contribution < -0.4 is 0 Å². The molecule has 0 radical (unpaired) electrons. The molecule has 344 valence electrons. The summed E-state index contributed by atoms with van der Waals surface area (Å²) in [4.78, 5) is 22.3. The molecule has 0 amide bonds. The molecular formula is C53H90O7. The summed E-state index contributed by atoms with van der Waals surface area (Å²) in [5, 5.41) is 52.2. The molecule has 7 heteroatoms. The van der Waals surface area contributed by atoms with Crippen LogP contribution in [0.4, 0.5) is 0 Å². The van der Waals surface area contributed by atoms with Crippen LogP contribution in [0.3, 0.4) is 0 Å². The Morgan fingerprint density at radius 2 is 0.917 bits per heavy atom. The molecule has 0 saturated heterocycles.